The minimum atomic E-state index is -1.23. The maximum absolute atomic E-state index is 12.0. The predicted molar refractivity (Wildman–Crippen MR) is 228 cm³/mol. The van der Waals surface area contributed by atoms with Gasteiger partial charge >= 0.3 is 0 Å². The molecule has 6 heteroatoms. The molecule has 0 spiro atoms. The van der Waals surface area contributed by atoms with Crippen LogP contribution in [0.3, 0.4) is 0 Å². The minimum Gasteiger partial charge on any atom is -0.384 e. The molecule has 2 aliphatic rings. The summed E-state index contributed by atoms with van der Waals surface area (Å²) in [6, 6.07) is 42.4. The number of hydrogen-bond donors (Lipinski definition) is 2. The smallest absolute Gasteiger partial charge is 0.128 e. The lowest BCUT2D eigenvalue weighted by Crippen LogP contribution is -2.05. The van der Waals surface area contributed by atoms with Crippen LogP contribution in [0.5, 0.6) is 0 Å². The molecule has 0 saturated carbocycles. The van der Waals surface area contributed by atoms with Gasteiger partial charge < -0.3 is 10.2 Å². The normalized spacial score (nSPS) is 15.1. The summed E-state index contributed by atoms with van der Waals surface area (Å²) in [7, 11) is 0. The second-order valence-electron chi connectivity index (χ2n) is 14.3. The number of aromatic nitrogens is 2. The first kappa shape index (κ1) is 34.3. The molecule has 2 atom stereocenters. The number of hydrogen-bond acceptors (Lipinski definition) is 6. The molecule has 2 aliphatic heterocycles. The number of nitrogens with zero attached hydrogens (tertiary/aromatic N) is 2. The van der Waals surface area contributed by atoms with Crippen molar-refractivity contribution >= 4 is 53.6 Å². The summed E-state index contributed by atoms with van der Waals surface area (Å²) in [5.74, 6) is 0. The number of fused-ring (bicyclic) bond motifs is 8. The number of aryl methyl sites for hydroxylation is 4. The molecule has 0 saturated heterocycles. The quantitative estimate of drug-likeness (QED) is 0.189. The first-order chi connectivity index (χ1) is 26.2. The van der Waals surface area contributed by atoms with Crippen LogP contribution in [0.4, 0.5) is 0 Å². The van der Waals surface area contributed by atoms with Gasteiger partial charge in [-0.2, -0.15) is 0 Å². The first-order valence-electron chi connectivity index (χ1n) is 18.2. The van der Waals surface area contributed by atoms with E-state index in [2.05, 4.69) is 161 Å². The third-order valence-corrected chi connectivity index (χ3v) is 12.6. The Morgan fingerprint density at radius 2 is 0.648 bits per heavy atom. The largest absolute Gasteiger partial charge is 0.384 e. The summed E-state index contributed by atoms with van der Waals surface area (Å²) >= 11 is 3.30. The third kappa shape index (κ3) is 6.11. The van der Waals surface area contributed by atoms with E-state index in [4.69, 9.17) is 9.97 Å². The Bertz CT molecular complexity index is 2570. The van der Waals surface area contributed by atoms with Crippen molar-refractivity contribution in [3.8, 4) is 44.5 Å². The van der Waals surface area contributed by atoms with Crippen LogP contribution in [0.15, 0.2) is 121 Å². The van der Waals surface area contributed by atoms with E-state index in [-0.39, 0.29) is 0 Å². The Balaban J connectivity index is 1.49. The monoisotopic (exact) mass is 738 g/mol. The summed E-state index contributed by atoms with van der Waals surface area (Å²) in [5.41, 5.74) is 15.1. The lowest BCUT2D eigenvalue weighted by Gasteiger charge is -2.13. The highest BCUT2D eigenvalue weighted by molar-refractivity contribution is 7.24. The summed E-state index contributed by atoms with van der Waals surface area (Å²) in [6.07, 6.45) is 1.82. The van der Waals surface area contributed by atoms with Gasteiger partial charge in [-0.05, 0) is 86.4 Å². The van der Waals surface area contributed by atoms with Gasteiger partial charge in [-0.15, -0.1) is 22.7 Å². The molecule has 0 amide bonds. The van der Waals surface area contributed by atoms with Gasteiger partial charge in [-0.25, -0.2) is 4.98 Å². The summed E-state index contributed by atoms with van der Waals surface area (Å²) in [4.78, 5) is 10.7. The second-order valence-corrected chi connectivity index (χ2v) is 16.4. The van der Waals surface area contributed by atoms with Gasteiger partial charge in [-0.3, -0.25) is 4.98 Å². The molecule has 54 heavy (non-hydrogen) atoms. The standard InChI is InChI=1S/C48H38N2O2S2/c1-27-5-13-31(14-6-27)41-35-21-22-36(49-35)42(32-15-7-28(2)8-16-32)38-24-26-40(54-38)44(34-19-11-30(4)12-20-34)46-48(52)47(51)45(50-46)43(39-25-23-37(41)53-39)33-17-9-29(3)10-18-33/h5-26,47-48,51-52H,1-4H3/t47-,48+. The van der Waals surface area contributed by atoms with E-state index in [0.29, 0.717) is 11.4 Å². The van der Waals surface area contributed by atoms with Crippen molar-refractivity contribution in [2.45, 2.75) is 39.9 Å². The number of thiophene rings is 2. The Labute approximate surface area is 323 Å². The van der Waals surface area contributed by atoms with Crippen molar-refractivity contribution in [2.24, 2.45) is 0 Å². The fourth-order valence-electron chi connectivity index (χ4n) is 7.37. The highest BCUT2D eigenvalue weighted by Gasteiger charge is 2.34. The van der Waals surface area contributed by atoms with Gasteiger partial charge in [0, 0.05) is 41.1 Å². The van der Waals surface area contributed by atoms with E-state index >= 15 is 0 Å². The molecule has 0 fully saturated rings. The molecule has 2 N–H and O–H groups in total. The fourth-order valence-corrected chi connectivity index (χ4v) is 9.69. The molecule has 7 aromatic rings. The molecule has 264 valence electrons. The summed E-state index contributed by atoms with van der Waals surface area (Å²) in [6.45, 7) is 8.34. The van der Waals surface area contributed by atoms with Gasteiger partial charge in [0.05, 0.1) is 22.8 Å². The average molecular weight is 739 g/mol. The van der Waals surface area contributed by atoms with Crippen molar-refractivity contribution in [3.05, 3.63) is 166 Å². The summed E-state index contributed by atoms with van der Waals surface area (Å²) in [5, 5.41) is 24.0. The second kappa shape index (κ2) is 13.7. The Kier molecular flexibility index (Phi) is 8.71. The van der Waals surface area contributed by atoms with Crippen LogP contribution in [0.2, 0.25) is 0 Å². The van der Waals surface area contributed by atoms with Crippen molar-refractivity contribution in [1.82, 2.24) is 9.97 Å². The Hall–Kier alpha value is -5.50. The first-order valence-corrected chi connectivity index (χ1v) is 19.8. The van der Waals surface area contributed by atoms with E-state index in [1.54, 1.807) is 22.7 Å². The predicted octanol–water partition coefficient (Wildman–Crippen LogP) is 12.6. The molecule has 4 nitrogen and oxygen atoms in total. The number of aliphatic hydroxyl groups excluding tert-OH is 2. The van der Waals surface area contributed by atoms with Gasteiger partial charge in [0.1, 0.15) is 12.2 Å². The molecule has 9 rings (SSSR count). The van der Waals surface area contributed by atoms with E-state index in [9.17, 15) is 10.2 Å². The van der Waals surface area contributed by atoms with Crippen LogP contribution in [-0.4, -0.2) is 20.2 Å². The number of benzene rings is 4. The Morgan fingerprint density at radius 3 is 0.963 bits per heavy atom. The zero-order chi connectivity index (χ0) is 37.1. The number of aliphatic hydroxyl groups is 2. The van der Waals surface area contributed by atoms with Crippen molar-refractivity contribution in [3.63, 3.8) is 0 Å². The van der Waals surface area contributed by atoms with Crippen molar-refractivity contribution < 1.29 is 10.2 Å². The third-order valence-electron chi connectivity index (χ3n) is 10.3. The molecular weight excluding hydrogens is 701 g/mol. The fraction of sp³-hybridized carbons (Fsp3) is 0.125. The van der Waals surface area contributed by atoms with Crippen molar-refractivity contribution in [2.75, 3.05) is 0 Å². The zero-order valence-corrected chi connectivity index (χ0v) is 32.1. The van der Waals surface area contributed by atoms with E-state index < -0.39 is 12.2 Å². The van der Waals surface area contributed by atoms with Gasteiger partial charge in [-0.1, -0.05) is 119 Å². The highest BCUT2D eigenvalue weighted by Crippen LogP contribution is 2.47. The van der Waals surface area contributed by atoms with Gasteiger partial charge in [0.2, 0.25) is 0 Å². The van der Waals surface area contributed by atoms with Crippen LogP contribution in [0, 0.1) is 27.7 Å². The van der Waals surface area contributed by atoms with E-state index in [1.807, 2.05) is 0 Å². The molecule has 4 aromatic carbocycles. The molecule has 0 unspecified atom stereocenters. The van der Waals surface area contributed by atoms with E-state index in [1.165, 1.54) is 11.1 Å². The molecule has 0 radical (unpaired) electrons. The lowest BCUT2D eigenvalue weighted by molar-refractivity contribution is 0.0260. The lowest BCUT2D eigenvalue weighted by atomic mass is 9.97. The molecule has 0 aliphatic carbocycles. The Morgan fingerprint density at radius 1 is 0.370 bits per heavy atom. The molecule has 8 bridgehead atoms. The minimum absolute atomic E-state index is 0.459. The van der Waals surface area contributed by atoms with Crippen LogP contribution < -0.4 is 0 Å². The average Bonchev–Trinajstić information content (AvgIpc) is 4.00. The molecule has 5 heterocycles. The van der Waals surface area contributed by atoms with Crippen LogP contribution in [-0.2, 0) is 0 Å². The maximum Gasteiger partial charge on any atom is 0.128 e. The summed E-state index contributed by atoms with van der Waals surface area (Å²) < 4.78 is 4.00. The van der Waals surface area contributed by atoms with Crippen LogP contribution >= 0.6 is 22.7 Å². The SMILES string of the molecule is Cc1ccc(-c2c3nc(c(-c4ccc(C)cc4)c4ccc(s4)c(-c4ccc(C)cc4)c4nc(c(-c5ccc(C)cc5)c5ccc2s5)[C@@H](O)[C@H]4O)C=C3)cc1. The van der Waals surface area contributed by atoms with Crippen LogP contribution in [0.1, 0.15) is 57.2 Å². The van der Waals surface area contributed by atoms with E-state index in [0.717, 1.165) is 85.8 Å². The van der Waals surface area contributed by atoms with Crippen molar-refractivity contribution in [1.29, 1.82) is 0 Å². The molecular formula is C48H38N2O2S2. The highest BCUT2D eigenvalue weighted by atomic mass is 32.1. The maximum atomic E-state index is 12.0. The van der Waals surface area contributed by atoms with Gasteiger partial charge in [0.25, 0.3) is 0 Å². The van der Waals surface area contributed by atoms with Crippen LogP contribution in [0.25, 0.3) is 75.5 Å². The molecule has 3 aromatic heterocycles. The number of rotatable bonds is 4. The zero-order valence-electron chi connectivity index (χ0n) is 30.5. The van der Waals surface area contributed by atoms with Gasteiger partial charge in [0.15, 0.2) is 0 Å². The topological polar surface area (TPSA) is 66.2 Å².